The van der Waals surface area contributed by atoms with Gasteiger partial charge in [0, 0.05) is 17.1 Å². The zero-order valence-electron chi connectivity index (χ0n) is 16.0. The highest BCUT2D eigenvalue weighted by molar-refractivity contribution is 6.30. The number of amides is 4. The number of piperidine rings is 1. The van der Waals surface area contributed by atoms with Gasteiger partial charge in [0.2, 0.25) is 5.91 Å². The van der Waals surface area contributed by atoms with E-state index in [1.165, 1.54) is 0 Å². The van der Waals surface area contributed by atoms with Gasteiger partial charge in [-0.25, -0.2) is 4.79 Å². The fraction of sp³-hybridized carbons (Fsp3) is 0.550. The quantitative estimate of drug-likeness (QED) is 0.800. The first-order valence-corrected chi connectivity index (χ1v) is 9.89. The minimum absolute atomic E-state index is 0.117. The molecule has 1 aromatic rings. The van der Waals surface area contributed by atoms with Crippen LogP contribution in [0.3, 0.4) is 0 Å². The number of carbonyl (C=O) groups excluding carboxylic acids is 3. The van der Waals surface area contributed by atoms with Crippen LogP contribution >= 0.6 is 11.6 Å². The Bertz CT molecular complexity index is 759. The largest absolute Gasteiger partial charge is 0.336 e. The van der Waals surface area contributed by atoms with Crippen molar-refractivity contribution in [3.05, 3.63) is 34.9 Å². The van der Waals surface area contributed by atoms with E-state index in [1.807, 2.05) is 25.7 Å². The summed E-state index contributed by atoms with van der Waals surface area (Å²) in [6.45, 7) is 5.63. The average Bonchev–Trinajstić information content (AvgIpc) is 2.87. The molecular formula is C20H26ClN3O3. The fourth-order valence-electron chi connectivity index (χ4n) is 4.29. The summed E-state index contributed by atoms with van der Waals surface area (Å²) < 4.78 is 0. The summed E-state index contributed by atoms with van der Waals surface area (Å²) in [5, 5.41) is 3.29. The van der Waals surface area contributed by atoms with Crippen LogP contribution in [-0.4, -0.2) is 46.3 Å². The summed E-state index contributed by atoms with van der Waals surface area (Å²) in [6, 6.07) is 6.62. The number of urea groups is 1. The van der Waals surface area contributed by atoms with Crippen LogP contribution in [0.15, 0.2) is 24.3 Å². The summed E-state index contributed by atoms with van der Waals surface area (Å²) >= 11 is 6.08. The maximum atomic E-state index is 13.2. The second kappa shape index (κ2) is 7.50. The van der Waals surface area contributed by atoms with Crippen LogP contribution in [0.2, 0.25) is 5.02 Å². The second-order valence-electron chi connectivity index (χ2n) is 7.52. The number of hydrogen-bond acceptors (Lipinski definition) is 3. The highest BCUT2D eigenvalue weighted by Crippen LogP contribution is 2.34. The van der Waals surface area contributed by atoms with Crippen LogP contribution in [0, 0.1) is 0 Å². The number of nitrogens with zero attached hydrogens (tertiary/aromatic N) is 2. The molecule has 2 heterocycles. The van der Waals surface area contributed by atoms with Gasteiger partial charge in [-0.15, -0.1) is 0 Å². The Morgan fingerprint density at radius 1 is 1.26 bits per heavy atom. The fourth-order valence-corrected chi connectivity index (χ4v) is 4.48. The molecule has 7 heteroatoms. The number of rotatable bonds is 4. The van der Waals surface area contributed by atoms with Crippen LogP contribution in [0.25, 0.3) is 0 Å². The zero-order chi connectivity index (χ0) is 19.8. The topological polar surface area (TPSA) is 69.7 Å². The highest BCUT2D eigenvalue weighted by Gasteiger charge is 2.52. The van der Waals surface area contributed by atoms with Gasteiger partial charge in [-0.3, -0.25) is 14.5 Å². The summed E-state index contributed by atoms with van der Waals surface area (Å²) in [5.41, 5.74) is -0.549. The third-order valence-electron chi connectivity index (χ3n) is 5.80. The number of benzene rings is 1. The van der Waals surface area contributed by atoms with E-state index in [4.69, 9.17) is 11.6 Å². The van der Waals surface area contributed by atoms with Crippen molar-refractivity contribution < 1.29 is 14.4 Å². The van der Waals surface area contributed by atoms with Gasteiger partial charge >= 0.3 is 6.03 Å². The van der Waals surface area contributed by atoms with Crippen molar-refractivity contribution in [3.63, 3.8) is 0 Å². The van der Waals surface area contributed by atoms with Gasteiger partial charge in [-0.1, -0.05) is 30.7 Å². The minimum Gasteiger partial charge on any atom is -0.336 e. The van der Waals surface area contributed by atoms with E-state index in [0.717, 1.165) is 24.2 Å². The predicted octanol–water partition coefficient (Wildman–Crippen LogP) is 3.29. The summed E-state index contributed by atoms with van der Waals surface area (Å²) in [6.07, 6.45) is 3.34. The van der Waals surface area contributed by atoms with Crippen molar-refractivity contribution in [1.82, 2.24) is 15.1 Å². The molecule has 0 saturated carbocycles. The molecule has 3 rings (SSSR count). The summed E-state index contributed by atoms with van der Waals surface area (Å²) in [7, 11) is 0. The van der Waals surface area contributed by atoms with Gasteiger partial charge in [0.15, 0.2) is 0 Å². The van der Waals surface area contributed by atoms with Gasteiger partial charge < -0.3 is 10.2 Å². The molecule has 2 aliphatic heterocycles. The molecule has 2 saturated heterocycles. The first kappa shape index (κ1) is 19.7. The Morgan fingerprint density at radius 2 is 1.93 bits per heavy atom. The van der Waals surface area contributed by atoms with Crippen molar-refractivity contribution in [3.8, 4) is 0 Å². The Hall–Kier alpha value is -2.08. The molecule has 1 aromatic carbocycles. The summed E-state index contributed by atoms with van der Waals surface area (Å²) in [4.78, 5) is 41.5. The molecule has 2 fully saturated rings. The molecule has 1 N–H and O–H groups in total. The summed E-state index contributed by atoms with van der Waals surface area (Å²) in [5.74, 6) is -0.584. The lowest BCUT2D eigenvalue weighted by Gasteiger charge is -2.39. The third kappa shape index (κ3) is 3.43. The number of carbonyl (C=O) groups is 3. The lowest BCUT2D eigenvalue weighted by atomic mass is 9.87. The van der Waals surface area contributed by atoms with Crippen LogP contribution in [-0.2, 0) is 15.1 Å². The number of nitrogens with one attached hydrogen (secondary N) is 1. The molecule has 0 spiro atoms. The van der Waals surface area contributed by atoms with E-state index in [0.29, 0.717) is 17.0 Å². The Kier molecular flexibility index (Phi) is 5.47. The molecule has 0 unspecified atom stereocenters. The lowest BCUT2D eigenvalue weighted by Crippen LogP contribution is -2.52. The number of halogens is 1. The van der Waals surface area contributed by atoms with E-state index < -0.39 is 17.5 Å². The van der Waals surface area contributed by atoms with Crippen molar-refractivity contribution >= 4 is 29.4 Å². The monoisotopic (exact) mass is 391 g/mol. The third-order valence-corrected chi connectivity index (χ3v) is 6.03. The standard InChI is InChI=1S/C20H26ClN3O3/c1-4-20(15-9-6-10-16(21)11-15)18(26)23(19(27)22-20)12-17(25)24-13(2)7-5-8-14(24)3/h6,9-11,13-14H,4-5,7-8,12H2,1-3H3,(H,22,27)/t13-,14+,20-/m0/s1. The molecule has 4 amide bonds. The molecule has 0 radical (unpaired) electrons. The first-order valence-electron chi connectivity index (χ1n) is 9.51. The van der Waals surface area contributed by atoms with E-state index >= 15 is 0 Å². The van der Waals surface area contributed by atoms with Crippen molar-refractivity contribution in [2.24, 2.45) is 0 Å². The highest BCUT2D eigenvalue weighted by atomic mass is 35.5. The van der Waals surface area contributed by atoms with E-state index in [1.54, 1.807) is 24.3 Å². The molecule has 146 valence electrons. The maximum absolute atomic E-state index is 13.2. The zero-order valence-corrected chi connectivity index (χ0v) is 16.8. The van der Waals surface area contributed by atoms with Crippen LogP contribution in [0.1, 0.15) is 52.0 Å². The van der Waals surface area contributed by atoms with Crippen LogP contribution in [0.5, 0.6) is 0 Å². The Balaban J connectivity index is 1.84. The van der Waals surface area contributed by atoms with Crippen LogP contribution in [0.4, 0.5) is 4.79 Å². The predicted molar refractivity (Wildman–Crippen MR) is 103 cm³/mol. The lowest BCUT2D eigenvalue weighted by molar-refractivity contribution is -0.143. The second-order valence-corrected chi connectivity index (χ2v) is 7.96. The van der Waals surface area contributed by atoms with Crippen molar-refractivity contribution in [1.29, 1.82) is 0 Å². The Labute approximate surface area is 164 Å². The molecular weight excluding hydrogens is 366 g/mol. The van der Waals surface area contributed by atoms with Gasteiger partial charge in [-0.05, 0) is 57.2 Å². The SMILES string of the molecule is CC[C@@]1(c2cccc(Cl)c2)NC(=O)N(CC(=O)N2[C@H](C)CCC[C@@H]2C)C1=O. The van der Waals surface area contributed by atoms with Crippen molar-refractivity contribution in [2.45, 2.75) is 64.1 Å². The normalized spacial score (nSPS) is 28.4. The maximum Gasteiger partial charge on any atom is 0.325 e. The average molecular weight is 392 g/mol. The minimum atomic E-state index is -1.18. The number of hydrogen-bond donors (Lipinski definition) is 1. The smallest absolute Gasteiger partial charge is 0.325 e. The molecule has 6 nitrogen and oxygen atoms in total. The van der Waals surface area contributed by atoms with Gasteiger partial charge in [0.1, 0.15) is 12.1 Å². The Morgan fingerprint density at radius 3 is 2.52 bits per heavy atom. The number of imide groups is 1. The molecule has 0 aromatic heterocycles. The number of likely N-dealkylation sites (tertiary alicyclic amines) is 1. The van der Waals surface area contributed by atoms with Gasteiger partial charge in [0.05, 0.1) is 0 Å². The molecule has 0 bridgehead atoms. The van der Waals surface area contributed by atoms with E-state index in [-0.39, 0.29) is 24.5 Å². The molecule has 2 aliphatic rings. The van der Waals surface area contributed by atoms with Crippen LogP contribution < -0.4 is 5.32 Å². The van der Waals surface area contributed by atoms with Crippen molar-refractivity contribution in [2.75, 3.05) is 6.54 Å². The molecule has 0 aliphatic carbocycles. The first-order chi connectivity index (χ1) is 12.8. The van der Waals surface area contributed by atoms with E-state index in [9.17, 15) is 14.4 Å². The van der Waals surface area contributed by atoms with Gasteiger partial charge in [0.25, 0.3) is 5.91 Å². The van der Waals surface area contributed by atoms with E-state index in [2.05, 4.69) is 5.32 Å². The molecule has 3 atom stereocenters. The van der Waals surface area contributed by atoms with Gasteiger partial charge in [-0.2, -0.15) is 0 Å². The molecule has 27 heavy (non-hydrogen) atoms.